The fraction of sp³-hybridized carbons (Fsp3) is 0.0556. The summed E-state index contributed by atoms with van der Waals surface area (Å²) in [6.07, 6.45) is 0. The predicted molar refractivity (Wildman–Crippen MR) is 339 cm³/mol. The minimum atomic E-state index is -2.18. The zero-order chi connectivity index (χ0) is 54.0. The summed E-state index contributed by atoms with van der Waals surface area (Å²) in [6, 6.07) is 96.1. The van der Waals surface area contributed by atoms with Crippen LogP contribution in [0.1, 0.15) is 0 Å². The van der Waals surface area contributed by atoms with Gasteiger partial charge in [0.2, 0.25) is 0 Å². The van der Waals surface area contributed by atoms with Gasteiger partial charge in [0.15, 0.2) is 11.6 Å². The fourth-order valence-corrected chi connectivity index (χ4v) is 18.2. The van der Waals surface area contributed by atoms with E-state index in [1.807, 2.05) is 12.1 Å². The van der Waals surface area contributed by atoms with Crippen LogP contribution < -0.4 is 30.5 Å². The molecule has 0 N–H and O–H groups in total. The average molecular weight is 1060 g/mol. The predicted octanol–water partition coefficient (Wildman–Crippen LogP) is 16.1. The van der Waals surface area contributed by atoms with Crippen molar-refractivity contribution in [3.63, 3.8) is 0 Å². The largest absolute Gasteiger partial charge is 0.310 e. The maximum absolute atomic E-state index is 5.42. The molecule has 0 saturated carbocycles. The van der Waals surface area contributed by atoms with E-state index in [0.29, 0.717) is 11.6 Å². The molecule has 382 valence electrons. The van der Waals surface area contributed by atoms with E-state index in [0.717, 1.165) is 78.7 Å². The van der Waals surface area contributed by atoms with Crippen LogP contribution in [-0.4, -0.2) is 36.1 Å². The first-order chi connectivity index (χ1) is 39.2. The highest BCUT2D eigenvalue weighted by Crippen LogP contribution is 2.50. The van der Waals surface area contributed by atoms with Crippen LogP contribution in [0.25, 0.3) is 78.9 Å². The van der Waals surface area contributed by atoms with Crippen LogP contribution >= 0.6 is 0 Å². The lowest BCUT2D eigenvalue weighted by Gasteiger charge is -2.43. The normalized spacial score (nSPS) is 13.7. The molecule has 8 heteroatoms. The van der Waals surface area contributed by atoms with Gasteiger partial charge in [-0.2, -0.15) is 0 Å². The Morgan fingerprint density at radius 1 is 0.237 bits per heavy atom. The van der Waals surface area contributed by atoms with E-state index in [2.05, 4.69) is 291 Å². The summed E-state index contributed by atoms with van der Waals surface area (Å²) < 4.78 is 0. The number of nitrogens with zero attached hydrogens (tertiary/aromatic N) is 6. The standard InChI is InChI=1S/C72H56N6Si2/c1-79(2)67-37-21-17-33-61(67)77(62-34-18-22-38-68(62)79)65-45-53(59-47-57(49-25-9-5-10-26-49)73-71(75-59)51-29-13-7-14-30-51)41-43-55(65)56-44-42-54(60-48-58(50-27-11-6-12-28-50)74-72(76-60)52-31-15-8-16-32-52)46-66(56)78-63-35-19-23-39-69(63)80(3,4)70-40-24-20-36-64(70)78/h5-48H,1-4H3. The van der Waals surface area contributed by atoms with Gasteiger partial charge < -0.3 is 9.80 Å². The molecule has 14 rings (SSSR count). The second-order valence-corrected chi connectivity index (χ2v) is 30.5. The van der Waals surface area contributed by atoms with Gasteiger partial charge in [0, 0.05) is 67.3 Å². The van der Waals surface area contributed by atoms with Gasteiger partial charge in [-0.3, -0.25) is 0 Å². The highest BCUT2D eigenvalue weighted by Gasteiger charge is 2.41. The zero-order valence-corrected chi connectivity index (χ0v) is 47.1. The smallest absolute Gasteiger partial charge is 0.160 e. The number of benzene rings is 10. The van der Waals surface area contributed by atoms with Crippen LogP contribution in [-0.2, 0) is 0 Å². The van der Waals surface area contributed by atoms with Gasteiger partial charge >= 0.3 is 0 Å². The molecule has 10 aromatic carbocycles. The first-order valence-electron chi connectivity index (χ1n) is 27.5. The van der Waals surface area contributed by atoms with Gasteiger partial charge in [0.25, 0.3) is 0 Å². The molecule has 2 aromatic heterocycles. The lowest BCUT2D eigenvalue weighted by Crippen LogP contribution is -2.58. The van der Waals surface area contributed by atoms with Crippen molar-refractivity contribution in [2.75, 3.05) is 9.80 Å². The summed E-state index contributed by atoms with van der Waals surface area (Å²) in [5, 5.41) is 5.57. The number of aromatic nitrogens is 4. The molecule has 0 radical (unpaired) electrons. The molecule has 0 atom stereocenters. The zero-order valence-electron chi connectivity index (χ0n) is 45.1. The first-order valence-corrected chi connectivity index (χ1v) is 33.5. The Labute approximate surface area is 470 Å². The molecule has 12 aromatic rings. The minimum Gasteiger partial charge on any atom is -0.310 e. The Balaban J connectivity index is 1.07. The molecule has 0 saturated heterocycles. The van der Waals surface area contributed by atoms with Crippen LogP contribution in [0.2, 0.25) is 26.2 Å². The number of hydrogen-bond donors (Lipinski definition) is 0. The number of rotatable bonds is 9. The Morgan fingerprint density at radius 2 is 0.500 bits per heavy atom. The molecule has 0 fully saturated rings. The van der Waals surface area contributed by atoms with Gasteiger partial charge in [-0.1, -0.05) is 245 Å². The van der Waals surface area contributed by atoms with E-state index >= 15 is 0 Å². The third-order valence-electron chi connectivity index (χ3n) is 16.3. The van der Waals surface area contributed by atoms with Gasteiger partial charge in [-0.05, 0) is 69.3 Å². The molecule has 2 aliphatic heterocycles. The van der Waals surface area contributed by atoms with Crippen molar-refractivity contribution < 1.29 is 0 Å². The Morgan fingerprint density at radius 3 is 0.812 bits per heavy atom. The van der Waals surface area contributed by atoms with E-state index in [-0.39, 0.29) is 0 Å². The molecule has 2 aliphatic rings. The maximum Gasteiger partial charge on any atom is 0.160 e. The maximum atomic E-state index is 5.42. The van der Waals surface area contributed by atoms with Crippen molar-refractivity contribution in [1.82, 2.24) is 19.9 Å². The second-order valence-electron chi connectivity index (χ2n) is 21.8. The van der Waals surface area contributed by atoms with E-state index < -0.39 is 16.1 Å². The number of anilines is 6. The molecule has 0 unspecified atom stereocenters. The molecule has 0 amide bonds. The summed E-state index contributed by atoms with van der Waals surface area (Å²) in [5.41, 5.74) is 18.4. The lowest BCUT2D eigenvalue weighted by molar-refractivity contribution is 1.18. The highest BCUT2D eigenvalue weighted by atomic mass is 28.3. The van der Waals surface area contributed by atoms with Crippen LogP contribution in [0.15, 0.2) is 267 Å². The molecule has 0 aliphatic carbocycles. The van der Waals surface area contributed by atoms with Crippen molar-refractivity contribution in [2.45, 2.75) is 26.2 Å². The lowest BCUT2D eigenvalue weighted by atomic mass is 9.94. The van der Waals surface area contributed by atoms with Crippen LogP contribution in [0.3, 0.4) is 0 Å². The highest BCUT2D eigenvalue weighted by molar-refractivity contribution is 7.03. The first kappa shape index (κ1) is 48.7. The van der Waals surface area contributed by atoms with Gasteiger partial charge in [0.1, 0.15) is 16.1 Å². The monoisotopic (exact) mass is 1060 g/mol. The van der Waals surface area contributed by atoms with Gasteiger partial charge in [0.05, 0.1) is 34.2 Å². The molecule has 80 heavy (non-hydrogen) atoms. The number of para-hydroxylation sites is 4. The quantitative estimate of drug-likeness (QED) is 0.134. The van der Waals surface area contributed by atoms with Crippen molar-refractivity contribution in [3.05, 3.63) is 267 Å². The summed E-state index contributed by atoms with van der Waals surface area (Å²) in [6.45, 7) is 9.96. The van der Waals surface area contributed by atoms with Gasteiger partial charge in [-0.25, -0.2) is 19.9 Å². The van der Waals surface area contributed by atoms with Crippen molar-refractivity contribution in [1.29, 1.82) is 0 Å². The van der Waals surface area contributed by atoms with Crippen molar-refractivity contribution in [2.24, 2.45) is 0 Å². The molecular weight excluding hydrogens is 1010 g/mol. The number of hydrogen-bond acceptors (Lipinski definition) is 6. The molecule has 6 nitrogen and oxygen atoms in total. The van der Waals surface area contributed by atoms with Gasteiger partial charge in [-0.15, -0.1) is 0 Å². The Bertz CT molecular complexity index is 3830. The second kappa shape index (κ2) is 19.7. The summed E-state index contributed by atoms with van der Waals surface area (Å²) in [4.78, 5) is 26.3. The Hall–Kier alpha value is -9.61. The van der Waals surface area contributed by atoms with Crippen molar-refractivity contribution >= 4 is 71.0 Å². The van der Waals surface area contributed by atoms with Crippen LogP contribution in [0, 0.1) is 0 Å². The van der Waals surface area contributed by atoms with E-state index in [4.69, 9.17) is 19.9 Å². The van der Waals surface area contributed by atoms with Crippen molar-refractivity contribution in [3.8, 4) is 78.9 Å². The minimum absolute atomic E-state index is 0.677. The van der Waals surface area contributed by atoms with E-state index in [1.54, 1.807) is 0 Å². The van der Waals surface area contributed by atoms with Crippen LogP contribution in [0.5, 0.6) is 0 Å². The van der Waals surface area contributed by atoms with Crippen LogP contribution in [0.4, 0.5) is 34.1 Å². The average Bonchev–Trinajstić information content (AvgIpc) is 3.10. The third-order valence-corrected chi connectivity index (χ3v) is 23.4. The van der Waals surface area contributed by atoms with E-state index in [9.17, 15) is 0 Å². The molecular formula is C72H56N6Si2. The summed E-state index contributed by atoms with van der Waals surface area (Å²) in [7, 11) is -4.37. The topological polar surface area (TPSA) is 58.0 Å². The molecule has 0 spiro atoms. The molecule has 4 heterocycles. The molecule has 0 bridgehead atoms. The Kier molecular flexibility index (Phi) is 12.0. The summed E-state index contributed by atoms with van der Waals surface area (Å²) in [5.74, 6) is 1.35. The SMILES string of the molecule is C[Si]1(C)c2ccccc2N(c2cc(-c3cc(-c4ccccc4)nc(-c4ccccc4)n3)ccc2-c2ccc(-c3cc(-c4ccccc4)nc(-c4ccccc4)n3)cc2N2c3ccccc3[Si](C)(C)c3ccccc32)c2ccccc21. The third kappa shape index (κ3) is 8.39. The summed E-state index contributed by atoms with van der Waals surface area (Å²) >= 11 is 0. The number of fused-ring (bicyclic) bond motifs is 4. The fourth-order valence-electron chi connectivity index (χ4n) is 12.2. The van der Waals surface area contributed by atoms with E-state index in [1.165, 1.54) is 43.5 Å².